The summed E-state index contributed by atoms with van der Waals surface area (Å²) in [4.78, 5) is 38.2. The number of hydrogen-bond donors (Lipinski definition) is 1. The SMILES string of the molecule is COc1ccc(N2C(=O)[C@H]3CC[C@@H](C(=O)O)N3C2=O)cc1. The lowest BCUT2D eigenvalue weighted by atomic mass is 10.1. The van der Waals surface area contributed by atoms with Crippen LogP contribution in [0.1, 0.15) is 12.8 Å². The first-order chi connectivity index (χ1) is 10.0. The van der Waals surface area contributed by atoms with E-state index in [1.807, 2.05) is 0 Å². The van der Waals surface area contributed by atoms with Crippen molar-refractivity contribution in [1.82, 2.24) is 4.90 Å². The minimum Gasteiger partial charge on any atom is -0.497 e. The Labute approximate surface area is 120 Å². The summed E-state index contributed by atoms with van der Waals surface area (Å²) in [7, 11) is 1.52. The van der Waals surface area contributed by atoms with Gasteiger partial charge in [0, 0.05) is 0 Å². The maximum Gasteiger partial charge on any atom is 0.332 e. The van der Waals surface area contributed by atoms with Gasteiger partial charge in [0.25, 0.3) is 5.91 Å². The molecule has 0 unspecified atom stereocenters. The van der Waals surface area contributed by atoms with Crippen LogP contribution >= 0.6 is 0 Å². The second-order valence-corrected chi connectivity index (χ2v) is 5.01. The number of aliphatic carboxylic acids is 1. The van der Waals surface area contributed by atoms with Crippen LogP contribution in [0.25, 0.3) is 0 Å². The average Bonchev–Trinajstić information content (AvgIpc) is 3.01. The van der Waals surface area contributed by atoms with Crippen LogP contribution in [0, 0.1) is 0 Å². The fraction of sp³-hybridized carbons (Fsp3) is 0.357. The molecule has 21 heavy (non-hydrogen) atoms. The first-order valence-electron chi connectivity index (χ1n) is 6.57. The number of ether oxygens (including phenoxy) is 1. The number of carboxylic acids is 1. The molecule has 0 aliphatic carbocycles. The third-order valence-electron chi connectivity index (χ3n) is 3.92. The van der Waals surface area contributed by atoms with E-state index in [-0.39, 0.29) is 5.91 Å². The predicted octanol–water partition coefficient (Wildman–Crippen LogP) is 1.08. The zero-order chi connectivity index (χ0) is 15.1. The summed E-state index contributed by atoms with van der Waals surface area (Å²) in [6.45, 7) is 0. The Bertz CT molecular complexity index is 612. The molecular formula is C14H14N2O5. The first-order valence-corrected chi connectivity index (χ1v) is 6.57. The number of carbonyl (C=O) groups is 3. The minimum absolute atomic E-state index is 0.313. The van der Waals surface area contributed by atoms with Crippen LogP contribution in [0.5, 0.6) is 5.75 Å². The number of hydrogen-bond acceptors (Lipinski definition) is 4. The van der Waals surface area contributed by atoms with Crippen LogP contribution in [0.15, 0.2) is 24.3 Å². The highest BCUT2D eigenvalue weighted by molar-refractivity contribution is 6.22. The van der Waals surface area contributed by atoms with Gasteiger partial charge in [0.15, 0.2) is 0 Å². The number of amides is 3. The standard InChI is InChI=1S/C14H14N2O5/c1-21-9-4-2-8(3-5-9)15-12(17)10-6-7-11(13(18)19)16(10)14(15)20/h2-5,10-11H,6-7H2,1H3,(H,18,19)/t10-,11+/m1/s1. The molecule has 7 heteroatoms. The molecule has 1 N–H and O–H groups in total. The fourth-order valence-corrected chi connectivity index (χ4v) is 2.89. The molecule has 1 aromatic rings. The molecule has 3 rings (SSSR count). The van der Waals surface area contributed by atoms with E-state index in [4.69, 9.17) is 9.84 Å². The van der Waals surface area contributed by atoms with Gasteiger partial charge in [-0.05, 0) is 37.1 Å². The minimum atomic E-state index is -1.07. The summed E-state index contributed by atoms with van der Waals surface area (Å²) < 4.78 is 5.03. The summed E-state index contributed by atoms with van der Waals surface area (Å²) in [6.07, 6.45) is 0.697. The van der Waals surface area contributed by atoms with E-state index in [9.17, 15) is 14.4 Å². The molecule has 0 saturated carbocycles. The van der Waals surface area contributed by atoms with Crippen molar-refractivity contribution in [2.24, 2.45) is 0 Å². The summed E-state index contributed by atoms with van der Waals surface area (Å²) in [5.41, 5.74) is 0.421. The van der Waals surface area contributed by atoms with Crippen LogP contribution in [0.2, 0.25) is 0 Å². The van der Waals surface area contributed by atoms with Crippen LogP contribution < -0.4 is 9.64 Å². The Morgan fingerprint density at radius 2 is 1.90 bits per heavy atom. The Kier molecular flexibility index (Phi) is 3.04. The maximum absolute atomic E-state index is 12.4. The van der Waals surface area contributed by atoms with Crippen LogP contribution in [0.4, 0.5) is 10.5 Å². The van der Waals surface area contributed by atoms with Crippen LogP contribution in [-0.4, -0.2) is 47.1 Å². The van der Waals surface area contributed by atoms with Gasteiger partial charge in [0.1, 0.15) is 17.8 Å². The second kappa shape index (κ2) is 4.76. The van der Waals surface area contributed by atoms with E-state index < -0.39 is 24.1 Å². The molecule has 2 atom stereocenters. The quantitative estimate of drug-likeness (QED) is 0.842. The monoisotopic (exact) mass is 290 g/mol. The van der Waals surface area contributed by atoms with Crippen molar-refractivity contribution < 1.29 is 24.2 Å². The normalized spacial score (nSPS) is 24.4. The second-order valence-electron chi connectivity index (χ2n) is 5.01. The summed E-state index contributed by atoms with van der Waals surface area (Å²) in [6, 6.07) is 4.34. The molecule has 2 aliphatic heterocycles. The zero-order valence-corrected chi connectivity index (χ0v) is 11.4. The zero-order valence-electron chi connectivity index (χ0n) is 11.4. The van der Waals surface area contributed by atoms with Gasteiger partial charge in [-0.1, -0.05) is 0 Å². The number of anilines is 1. The van der Waals surface area contributed by atoms with Crippen molar-refractivity contribution in [3.8, 4) is 5.75 Å². The molecule has 0 bridgehead atoms. The highest BCUT2D eigenvalue weighted by Crippen LogP contribution is 2.35. The molecule has 7 nitrogen and oxygen atoms in total. The van der Waals surface area contributed by atoms with E-state index in [1.54, 1.807) is 24.3 Å². The van der Waals surface area contributed by atoms with E-state index >= 15 is 0 Å². The number of nitrogens with zero attached hydrogens (tertiary/aromatic N) is 2. The largest absolute Gasteiger partial charge is 0.497 e. The van der Waals surface area contributed by atoms with Crippen molar-refractivity contribution in [1.29, 1.82) is 0 Å². The maximum atomic E-state index is 12.4. The number of benzene rings is 1. The van der Waals surface area contributed by atoms with Gasteiger partial charge >= 0.3 is 12.0 Å². The molecule has 0 aromatic heterocycles. The van der Waals surface area contributed by atoms with Gasteiger partial charge in [-0.3, -0.25) is 9.69 Å². The van der Waals surface area contributed by atoms with Gasteiger partial charge in [0.05, 0.1) is 12.8 Å². The lowest BCUT2D eigenvalue weighted by Gasteiger charge is -2.20. The van der Waals surface area contributed by atoms with Crippen LogP contribution in [0.3, 0.4) is 0 Å². The first kappa shape index (κ1) is 13.4. The van der Waals surface area contributed by atoms with Crippen molar-refractivity contribution in [2.75, 3.05) is 12.0 Å². The topological polar surface area (TPSA) is 87.2 Å². The summed E-state index contributed by atoms with van der Waals surface area (Å²) in [5.74, 6) is -0.828. The average molecular weight is 290 g/mol. The van der Waals surface area contributed by atoms with Crippen molar-refractivity contribution in [3.05, 3.63) is 24.3 Å². The van der Waals surface area contributed by atoms with E-state index in [2.05, 4.69) is 0 Å². The fourth-order valence-electron chi connectivity index (χ4n) is 2.89. The Balaban J connectivity index is 1.92. The molecule has 2 fully saturated rings. The highest BCUT2D eigenvalue weighted by Gasteiger charge is 2.54. The molecule has 1 aromatic carbocycles. The van der Waals surface area contributed by atoms with E-state index in [0.717, 1.165) is 4.90 Å². The molecular weight excluding hydrogens is 276 g/mol. The molecule has 3 amide bonds. The Morgan fingerprint density at radius 1 is 1.24 bits per heavy atom. The predicted molar refractivity (Wildman–Crippen MR) is 72.2 cm³/mol. The molecule has 110 valence electrons. The molecule has 2 saturated heterocycles. The number of carbonyl (C=O) groups excluding carboxylic acids is 2. The number of urea groups is 1. The third-order valence-corrected chi connectivity index (χ3v) is 3.92. The molecule has 2 aliphatic rings. The number of imide groups is 1. The third kappa shape index (κ3) is 1.93. The van der Waals surface area contributed by atoms with Crippen LogP contribution in [-0.2, 0) is 9.59 Å². The van der Waals surface area contributed by atoms with Gasteiger partial charge in [-0.15, -0.1) is 0 Å². The van der Waals surface area contributed by atoms with E-state index in [0.29, 0.717) is 24.3 Å². The highest BCUT2D eigenvalue weighted by atomic mass is 16.5. The van der Waals surface area contributed by atoms with Gasteiger partial charge in [-0.2, -0.15) is 0 Å². The van der Waals surface area contributed by atoms with Crippen molar-refractivity contribution in [2.45, 2.75) is 24.9 Å². The Hall–Kier alpha value is -2.57. The lowest BCUT2D eigenvalue weighted by molar-refractivity contribution is -0.141. The number of rotatable bonds is 3. The van der Waals surface area contributed by atoms with Gasteiger partial charge in [0.2, 0.25) is 0 Å². The van der Waals surface area contributed by atoms with Gasteiger partial charge < -0.3 is 9.84 Å². The number of fused-ring (bicyclic) bond motifs is 1. The molecule has 0 spiro atoms. The Morgan fingerprint density at radius 3 is 2.48 bits per heavy atom. The number of methoxy groups -OCH3 is 1. The number of carboxylic acid groups (broad SMARTS) is 1. The van der Waals surface area contributed by atoms with Gasteiger partial charge in [-0.25, -0.2) is 14.5 Å². The molecule has 2 heterocycles. The van der Waals surface area contributed by atoms with Crippen molar-refractivity contribution in [3.63, 3.8) is 0 Å². The lowest BCUT2D eigenvalue weighted by Crippen LogP contribution is -2.42. The van der Waals surface area contributed by atoms with Crippen molar-refractivity contribution >= 4 is 23.6 Å². The smallest absolute Gasteiger partial charge is 0.332 e. The van der Waals surface area contributed by atoms with E-state index in [1.165, 1.54) is 12.0 Å². The summed E-state index contributed by atoms with van der Waals surface area (Å²) >= 11 is 0. The summed E-state index contributed by atoms with van der Waals surface area (Å²) in [5, 5.41) is 9.15. The molecule has 0 radical (unpaired) electrons.